The molecule has 2 aromatic rings. The van der Waals surface area contributed by atoms with E-state index in [1.807, 2.05) is 24.3 Å². The number of hydrogen-bond acceptors (Lipinski definition) is 4. The Hall–Kier alpha value is -2.49. The van der Waals surface area contributed by atoms with Gasteiger partial charge in [-0.15, -0.1) is 0 Å². The molecule has 3 rings (SSSR count). The van der Waals surface area contributed by atoms with Gasteiger partial charge in [-0.3, -0.25) is 4.99 Å². The molecule has 108 valence electrons. The summed E-state index contributed by atoms with van der Waals surface area (Å²) < 4.78 is 0. The van der Waals surface area contributed by atoms with E-state index in [2.05, 4.69) is 34.7 Å². The number of anilines is 2. The van der Waals surface area contributed by atoms with Crippen molar-refractivity contribution < 1.29 is 5.11 Å². The van der Waals surface area contributed by atoms with Crippen LogP contribution in [0, 0.1) is 6.92 Å². The molecule has 4 nitrogen and oxygen atoms in total. The summed E-state index contributed by atoms with van der Waals surface area (Å²) in [4.78, 5) is 4.44. The fraction of sp³-hybridized carbons (Fsp3) is 0.235. The van der Waals surface area contributed by atoms with E-state index in [1.165, 1.54) is 11.1 Å². The SMILES string of the molecule is Cc1ccc(Nc2ccccc2O)cc1CC1=NCCN1. The van der Waals surface area contributed by atoms with Crippen molar-refractivity contribution in [2.45, 2.75) is 13.3 Å². The van der Waals surface area contributed by atoms with E-state index >= 15 is 0 Å². The predicted octanol–water partition coefficient (Wildman–Crippen LogP) is 2.99. The van der Waals surface area contributed by atoms with Crippen molar-refractivity contribution in [2.24, 2.45) is 4.99 Å². The Kier molecular flexibility index (Phi) is 3.77. The molecule has 0 saturated heterocycles. The minimum absolute atomic E-state index is 0.251. The average Bonchev–Trinajstić information content (AvgIpc) is 2.98. The summed E-state index contributed by atoms with van der Waals surface area (Å²) in [6.07, 6.45) is 0.822. The monoisotopic (exact) mass is 281 g/mol. The number of aryl methyl sites for hydroxylation is 1. The first-order valence-corrected chi connectivity index (χ1v) is 7.14. The van der Waals surface area contributed by atoms with Crippen molar-refractivity contribution in [1.29, 1.82) is 0 Å². The van der Waals surface area contributed by atoms with Crippen molar-refractivity contribution in [3.63, 3.8) is 0 Å². The summed E-state index contributed by atoms with van der Waals surface area (Å²) >= 11 is 0. The van der Waals surface area contributed by atoms with Gasteiger partial charge in [-0.25, -0.2) is 0 Å². The number of hydrogen-bond donors (Lipinski definition) is 3. The van der Waals surface area contributed by atoms with Crippen LogP contribution in [0.15, 0.2) is 47.5 Å². The van der Waals surface area contributed by atoms with Crippen molar-refractivity contribution in [2.75, 3.05) is 18.4 Å². The molecule has 4 heteroatoms. The van der Waals surface area contributed by atoms with Crippen LogP contribution in [-0.4, -0.2) is 24.0 Å². The summed E-state index contributed by atoms with van der Waals surface area (Å²) in [6, 6.07) is 13.5. The third-order valence-electron chi connectivity index (χ3n) is 3.63. The molecule has 1 heterocycles. The number of phenols is 1. The minimum atomic E-state index is 0.251. The van der Waals surface area contributed by atoms with E-state index in [-0.39, 0.29) is 5.75 Å². The molecule has 0 bridgehead atoms. The highest BCUT2D eigenvalue weighted by atomic mass is 16.3. The molecule has 0 aliphatic carbocycles. The van der Waals surface area contributed by atoms with Crippen LogP contribution in [0.4, 0.5) is 11.4 Å². The van der Waals surface area contributed by atoms with Crippen LogP contribution in [0.2, 0.25) is 0 Å². The third kappa shape index (κ3) is 3.16. The zero-order chi connectivity index (χ0) is 14.7. The fourth-order valence-corrected chi connectivity index (χ4v) is 2.42. The van der Waals surface area contributed by atoms with E-state index in [0.717, 1.165) is 31.0 Å². The van der Waals surface area contributed by atoms with Gasteiger partial charge in [0.1, 0.15) is 11.6 Å². The van der Waals surface area contributed by atoms with E-state index in [1.54, 1.807) is 6.07 Å². The second kappa shape index (κ2) is 5.87. The number of aromatic hydroxyl groups is 1. The lowest BCUT2D eigenvalue weighted by Gasteiger charge is -2.12. The van der Waals surface area contributed by atoms with E-state index in [4.69, 9.17) is 0 Å². The molecule has 0 saturated carbocycles. The molecule has 0 spiro atoms. The fourth-order valence-electron chi connectivity index (χ4n) is 2.42. The van der Waals surface area contributed by atoms with E-state index in [9.17, 15) is 5.11 Å². The molecule has 1 aliphatic rings. The Morgan fingerprint density at radius 2 is 2.10 bits per heavy atom. The summed E-state index contributed by atoms with van der Waals surface area (Å²) in [5, 5.41) is 16.4. The number of phenolic OH excluding ortho intramolecular Hbond substituents is 1. The van der Waals surface area contributed by atoms with Crippen LogP contribution < -0.4 is 10.6 Å². The number of nitrogens with one attached hydrogen (secondary N) is 2. The van der Waals surface area contributed by atoms with Crippen molar-refractivity contribution >= 4 is 17.2 Å². The molecule has 0 fully saturated rings. The van der Waals surface area contributed by atoms with Crippen molar-refractivity contribution in [1.82, 2.24) is 5.32 Å². The molecule has 0 unspecified atom stereocenters. The zero-order valence-corrected chi connectivity index (χ0v) is 12.1. The highest BCUT2D eigenvalue weighted by Crippen LogP contribution is 2.27. The summed E-state index contributed by atoms with van der Waals surface area (Å²) in [5.74, 6) is 1.30. The highest BCUT2D eigenvalue weighted by molar-refractivity contribution is 5.86. The maximum absolute atomic E-state index is 9.83. The van der Waals surface area contributed by atoms with Gasteiger partial charge in [0.15, 0.2) is 0 Å². The lowest BCUT2D eigenvalue weighted by molar-refractivity contribution is 0.478. The Morgan fingerprint density at radius 3 is 2.86 bits per heavy atom. The van der Waals surface area contributed by atoms with Crippen molar-refractivity contribution in [3.05, 3.63) is 53.6 Å². The number of rotatable bonds is 4. The molecule has 3 N–H and O–H groups in total. The van der Waals surface area contributed by atoms with Gasteiger partial charge < -0.3 is 15.7 Å². The molecule has 1 aliphatic heterocycles. The lowest BCUT2D eigenvalue weighted by atomic mass is 10.0. The predicted molar refractivity (Wildman–Crippen MR) is 86.6 cm³/mol. The standard InChI is InChI=1S/C17H19N3O/c1-12-6-7-14(20-15-4-2-3-5-16(15)21)10-13(12)11-17-18-8-9-19-17/h2-7,10,20-21H,8-9,11H2,1H3,(H,18,19). The van der Waals surface area contributed by atoms with Crippen LogP contribution >= 0.6 is 0 Å². The number of para-hydroxylation sites is 2. The second-order valence-electron chi connectivity index (χ2n) is 5.22. The van der Waals surface area contributed by atoms with Crippen molar-refractivity contribution in [3.8, 4) is 5.75 Å². The second-order valence-corrected chi connectivity index (χ2v) is 5.22. The van der Waals surface area contributed by atoms with Crippen LogP contribution in [0.3, 0.4) is 0 Å². The molecule has 2 aromatic carbocycles. The molecule has 0 atom stereocenters. The van der Waals surface area contributed by atoms with Crippen LogP contribution in [0.1, 0.15) is 11.1 Å². The van der Waals surface area contributed by atoms with Gasteiger partial charge >= 0.3 is 0 Å². The number of aliphatic imine (C=N–C) groups is 1. The topological polar surface area (TPSA) is 56.6 Å². The average molecular weight is 281 g/mol. The van der Waals surface area contributed by atoms with Crippen LogP contribution in [0.25, 0.3) is 0 Å². The zero-order valence-electron chi connectivity index (χ0n) is 12.1. The van der Waals surface area contributed by atoms with Gasteiger partial charge in [-0.05, 0) is 42.3 Å². The Bertz CT molecular complexity index is 679. The summed E-state index contributed by atoms with van der Waals surface area (Å²) in [5.41, 5.74) is 4.16. The minimum Gasteiger partial charge on any atom is -0.506 e. The highest BCUT2D eigenvalue weighted by Gasteiger charge is 2.09. The molecule has 0 aromatic heterocycles. The first kappa shape index (κ1) is 13.5. The van der Waals surface area contributed by atoms with Gasteiger partial charge in [0.25, 0.3) is 0 Å². The van der Waals surface area contributed by atoms with E-state index < -0.39 is 0 Å². The molecular weight excluding hydrogens is 262 g/mol. The first-order chi connectivity index (χ1) is 10.2. The maximum Gasteiger partial charge on any atom is 0.139 e. The largest absolute Gasteiger partial charge is 0.506 e. The molecular formula is C17H19N3O. The first-order valence-electron chi connectivity index (χ1n) is 7.14. The molecule has 0 amide bonds. The van der Waals surface area contributed by atoms with Gasteiger partial charge in [0.2, 0.25) is 0 Å². The molecule has 21 heavy (non-hydrogen) atoms. The number of nitrogens with zero attached hydrogens (tertiary/aromatic N) is 1. The van der Waals surface area contributed by atoms with Gasteiger partial charge in [-0.2, -0.15) is 0 Å². The lowest BCUT2D eigenvalue weighted by Crippen LogP contribution is -2.20. The van der Waals surface area contributed by atoms with Gasteiger partial charge in [0.05, 0.1) is 12.2 Å². The quantitative estimate of drug-likeness (QED) is 0.755. The summed E-state index contributed by atoms with van der Waals surface area (Å²) in [7, 11) is 0. The maximum atomic E-state index is 9.83. The number of benzene rings is 2. The summed E-state index contributed by atoms with van der Waals surface area (Å²) in [6.45, 7) is 3.91. The Morgan fingerprint density at radius 1 is 1.24 bits per heavy atom. The normalized spacial score (nSPS) is 13.7. The van der Waals surface area contributed by atoms with Crippen LogP contribution in [-0.2, 0) is 6.42 Å². The van der Waals surface area contributed by atoms with Crippen LogP contribution in [0.5, 0.6) is 5.75 Å². The smallest absolute Gasteiger partial charge is 0.139 e. The Labute approximate surface area is 124 Å². The van der Waals surface area contributed by atoms with E-state index in [0.29, 0.717) is 5.69 Å². The molecule has 0 radical (unpaired) electrons. The van der Waals surface area contributed by atoms with Gasteiger partial charge in [-0.1, -0.05) is 18.2 Å². The third-order valence-corrected chi connectivity index (χ3v) is 3.63. The Balaban J connectivity index is 1.82. The number of amidine groups is 1. The van der Waals surface area contributed by atoms with Gasteiger partial charge in [0, 0.05) is 18.7 Å².